The molecule has 5 nitrogen and oxygen atoms in total. The summed E-state index contributed by atoms with van der Waals surface area (Å²) in [6.07, 6.45) is 6.32. The van der Waals surface area contributed by atoms with Crippen LogP contribution in [0.25, 0.3) is 0 Å². The molecule has 0 bridgehead atoms. The fourth-order valence-corrected chi connectivity index (χ4v) is 11.0. The van der Waals surface area contributed by atoms with Gasteiger partial charge in [-0.2, -0.15) is 0 Å². The lowest BCUT2D eigenvalue weighted by atomic mass is 9.33. The summed E-state index contributed by atoms with van der Waals surface area (Å²) in [5, 5.41) is 44.1. The van der Waals surface area contributed by atoms with Crippen molar-refractivity contribution < 1.29 is 25.2 Å². The summed E-state index contributed by atoms with van der Waals surface area (Å²) in [6, 6.07) is 0. The van der Waals surface area contributed by atoms with E-state index in [0.717, 1.165) is 32.1 Å². The SMILES string of the molecule is CC1(C)CCC2(C(=O)O)CCC3(C)C(=CCC4C5(C)CC(O)C(O)C(C)(C)C5C(O)CC43C)C2C1. The van der Waals surface area contributed by atoms with Gasteiger partial charge < -0.3 is 20.4 Å². The first-order valence-corrected chi connectivity index (χ1v) is 13.9. The van der Waals surface area contributed by atoms with E-state index >= 15 is 0 Å². The minimum atomic E-state index is -0.847. The maximum absolute atomic E-state index is 12.8. The van der Waals surface area contributed by atoms with Crippen LogP contribution in [-0.2, 0) is 4.79 Å². The summed E-state index contributed by atoms with van der Waals surface area (Å²) in [4.78, 5) is 12.8. The van der Waals surface area contributed by atoms with Crippen LogP contribution in [0.3, 0.4) is 0 Å². The Hall–Kier alpha value is -0.910. The molecule has 5 heteroatoms. The number of aliphatic hydroxyl groups is 3. The smallest absolute Gasteiger partial charge is 0.310 e. The van der Waals surface area contributed by atoms with Gasteiger partial charge in [0.1, 0.15) is 0 Å². The van der Waals surface area contributed by atoms with Gasteiger partial charge in [0.25, 0.3) is 0 Å². The van der Waals surface area contributed by atoms with Crippen molar-refractivity contribution in [2.75, 3.05) is 0 Å². The third-order valence-corrected chi connectivity index (χ3v) is 12.9. The molecule has 4 fully saturated rings. The fourth-order valence-electron chi connectivity index (χ4n) is 11.0. The fraction of sp³-hybridized carbons (Fsp3) is 0.900. The van der Waals surface area contributed by atoms with Crippen LogP contribution in [0.2, 0.25) is 0 Å². The van der Waals surface area contributed by atoms with Gasteiger partial charge in [0, 0.05) is 0 Å². The van der Waals surface area contributed by atoms with Crippen molar-refractivity contribution in [2.24, 2.45) is 50.2 Å². The summed E-state index contributed by atoms with van der Waals surface area (Å²) < 4.78 is 0. The molecule has 0 aliphatic heterocycles. The number of aliphatic hydroxyl groups excluding tert-OH is 3. The Morgan fingerprint density at radius 3 is 2.11 bits per heavy atom. The predicted octanol–water partition coefficient (Wildman–Crippen LogP) is 5.18. The highest BCUT2D eigenvalue weighted by atomic mass is 16.4. The Morgan fingerprint density at radius 1 is 0.857 bits per heavy atom. The number of carboxylic acids is 1. The van der Waals surface area contributed by atoms with Crippen LogP contribution >= 0.6 is 0 Å². The lowest BCUT2D eigenvalue weighted by Gasteiger charge is -2.72. The highest BCUT2D eigenvalue weighted by molar-refractivity contribution is 5.76. The molecule has 0 aromatic carbocycles. The standard InChI is InChI=1S/C30H48O5/c1-25(2)10-12-30(24(34)35)13-11-28(6)17(18(30)14-25)8-9-21-27(5)15-20(32)23(33)26(3,4)22(27)19(31)16-29(21,28)7/h8,18-23,31-33H,9-16H2,1-7H3,(H,34,35). The minimum absolute atomic E-state index is 0.0400. The van der Waals surface area contributed by atoms with Gasteiger partial charge in [-0.25, -0.2) is 0 Å². The monoisotopic (exact) mass is 488 g/mol. The molecule has 35 heavy (non-hydrogen) atoms. The van der Waals surface area contributed by atoms with Crippen molar-refractivity contribution in [3.05, 3.63) is 11.6 Å². The van der Waals surface area contributed by atoms with Crippen molar-refractivity contribution in [3.63, 3.8) is 0 Å². The third kappa shape index (κ3) is 3.07. The van der Waals surface area contributed by atoms with Crippen LogP contribution in [0, 0.1) is 50.2 Å². The van der Waals surface area contributed by atoms with Crippen LogP contribution < -0.4 is 0 Å². The Kier molecular flexibility index (Phi) is 5.40. The highest BCUT2D eigenvalue weighted by Gasteiger charge is 2.71. The van der Waals surface area contributed by atoms with Gasteiger partial charge in [0.2, 0.25) is 0 Å². The van der Waals surface area contributed by atoms with Crippen LogP contribution in [0.15, 0.2) is 11.6 Å². The number of carbonyl (C=O) groups is 1. The quantitative estimate of drug-likeness (QED) is 0.382. The summed E-state index contributed by atoms with van der Waals surface area (Å²) in [5.41, 5.74) is -0.501. The van der Waals surface area contributed by atoms with Gasteiger partial charge in [-0.05, 0) is 96.2 Å². The molecular weight excluding hydrogens is 440 g/mol. The molecule has 0 aromatic rings. The molecule has 10 unspecified atom stereocenters. The molecule has 4 saturated carbocycles. The number of aliphatic carboxylic acids is 1. The van der Waals surface area contributed by atoms with E-state index in [1.807, 2.05) is 13.8 Å². The van der Waals surface area contributed by atoms with E-state index in [1.165, 1.54) is 5.57 Å². The van der Waals surface area contributed by atoms with Gasteiger partial charge in [-0.1, -0.05) is 60.1 Å². The maximum Gasteiger partial charge on any atom is 0.310 e. The Morgan fingerprint density at radius 2 is 1.49 bits per heavy atom. The highest BCUT2D eigenvalue weighted by Crippen LogP contribution is 2.75. The summed E-state index contributed by atoms with van der Waals surface area (Å²) in [7, 11) is 0. The molecule has 5 rings (SSSR count). The molecule has 0 aromatic heterocycles. The first kappa shape index (κ1) is 25.7. The van der Waals surface area contributed by atoms with E-state index in [0.29, 0.717) is 19.3 Å². The molecule has 0 spiro atoms. The first-order valence-electron chi connectivity index (χ1n) is 13.9. The summed E-state index contributed by atoms with van der Waals surface area (Å²) >= 11 is 0. The summed E-state index contributed by atoms with van der Waals surface area (Å²) in [5.74, 6) is -0.430. The van der Waals surface area contributed by atoms with Gasteiger partial charge in [0.05, 0.1) is 23.7 Å². The molecule has 5 aliphatic rings. The lowest BCUT2D eigenvalue weighted by molar-refractivity contribution is -0.263. The molecular formula is C30H48O5. The van der Waals surface area contributed by atoms with Crippen LogP contribution in [0.5, 0.6) is 0 Å². The van der Waals surface area contributed by atoms with Gasteiger partial charge in [-0.3, -0.25) is 4.79 Å². The van der Waals surface area contributed by atoms with Crippen molar-refractivity contribution in [1.82, 2.24) is 0 Å². The average molecular weight is 489 g/mol. The largest absolute Gasteiger partial charge is 0.481 e. The van der Waals surface area contributed by atoms with Gasteiger partial charge in [0.15, 0.2) is 0 Å². The molecule has 10 atom stereocenters. The van der Waals surface area contributed by atoms with E-state index in [4.69, 9.17) is 0 Å². The van der Waals surface area contributed by atoms with E-state index < -0.39 is 35.1 Å². The topological polar surface area (TPSA) is 98.0 Å². The molecule has 4 N–H and O–H groups in total. The van der Waals surface area contributed by atoms with Crippen molar-refractivity contribution in [1.29, 1.82) is 0 Å². The Balaban J connectivity index is 1.64. The number of allylic oxidation sites excluding steroid dienone is 2. The zero-order chi connectivity index (χ0) is 26.0. The average Bonchev–Trinajstić information content (AvgIpc) is 2.71. The van der Waals surface area contributed by atoms with Crippen molar-refractivity contribution in [2.45, 2.75) is 118 Å². The van der Waals surface area contributed by atoms with Crippen LogP contribution in [0.4, 0.5) is 0 Å². The Bertz CT molecular complexity index is 952. The van der Waals surface area contributed by atoms with E-state index in [-0.39, 0.29) is 39.4 Å². The van der Waals surface area contributed by atoms with Gasteiger partial charge >= 0.3 is 5.97 Å². The molecule has 5 aliphatic carbocycles. The normalized spacial score (nSPS) is 54.4. The number of carboxylic acid groups (broad SMARTS) is 1. The number of rotatable bonds is 1. The molecule has 0 radical (unpaired) electrons. The molecule has 0 saturated heterocycles. The Labute approximate surface area is 211 Å². The van der Waals surface area contributed by atoms with E-state index in [2.05, 4.69) is 40.7 Å². The number of fused-ring (bicyclic) bond motifs is 7. The van der Waals surface area contributed by atoms with E-state index in [1.54, 1.807) is 0 Å². The minimum Gasteiger partial charge on any atom is -0.481 e. The van der Waals surface area contributed by atoms with Crippen molar-refractivity contribution >= 4 is 5.97 Å². The lowest BCUT2D eigenvalue weighted by Crippen LogP contribution is -2.70. The predicted molar refractivity (Wildman–Crippen MR) is 135 cm³/mol. The van der Waals surface area contributed by atoms with Gasteiger partial charge in [-0.15, -0.1) is 0 Å². The first-order chi connectivity index (χ1) is 16.0. The summed E-state index contributed by atoms with van der Waals surface area (Å²) in [6.45, 7) is 15.5. The molecule has 0 heterocycles. The zero-order valence-corrected chi connectivity index (χ0v) is 22.9. The maximum atomic E-state index is 12.8. The second-order valence-corrected chi connectivity index (χ2v) is 15.4. The number of hydrogen-bond donors (Lipinski definition) is 4. The van der Waals surface area contributed by atoms with Crippen molar-refractivity contribution in [3.8, 4) is 0 Å². The number of hydrogen-bond acceptors (Lipinski definition) is 4. The van der Waals surface area contributed by atoms with E-state index in [9.17, 15) is 25.2 Å². The molecule has 198 valence electrons. The third-order valence-electron chi connectivity index (χ3n) is 12.9. The second-order valence-electron chi connectivity index (χ2n) is 15.4. The second kappa shape index (κ2) is 7.35. The van der Waals surface area contributed by atoms with Crippen LogP contribution in [-0.4, -0.2) is 44.7 Å². The zero-order valence-electron chi connectivity index (χ0n) is 22.9. The molecule has 0 amide bonds. The van der Waals surface area contributed by atoms with Crippen LogP contribution in [0.1, 0.15) is 99.8 Å².